The molecule has 104 valence electrons. The number of anilines is 1. The Labute approximate surface area is 117 Å². The maximum absolute atomic E-state index is 11.9. The molecule has 9 heteroatoms. The average molecular weight is 293 g/mol. The van der Waals surface area contributed by atoms with Gasteiger partial charge in [-0.2, -0.15) is 0 Å². The van der Waals surface area contributed by atoms with E-state index in [2.05, 4.69) is 20.6 Å². The minimum atomic E-state index is -0.579. The fraction of sp³-hybridized carbons (Fsp3) is 0.273. The number of fused-ring (bicyclic) bond motifs is 1. The first-order valence-electron chi connectivity index (χ1n) is 5.97. The molecule has 20 heavy (non-hydrogen) atoms. The van der Waals surface area contributed by atoms with Crippen molar-refractivity contribution in [3.63, 3.8) is 0 Å². The molecule has 1 aliphatic rings. The Morgan fingerprint density at radius 2 is 2.35 bits per heavy atom. The molecule has 0 spiro atoms. The second-order valence-corrected chi connectivity index (χ2v) is 5.37. The largest absolute Gasteiger partial charge is 0.358 e. The summed E-state index contributed by atoms with van der Waals surface area (Å²) in [6.07, 6.45) is 0.843. The van der Waals surface area contributed by atoms with Crippen molar-refractivity contribution in [3.05, 3.63) is 38.5 Å². The van der Waals surface area contributed by atoms with E-state index in [0.717, 1.165) is 30.1 Å². The normalized spacial score (nSPS) is 13.8. The summed E-state index contributed by atoms with van der Waals surface area (Å²) in [5.74, 6) is -0.644. The standard InChI is InChI=1S/C11H11N5O3S/c17-10(7-1-2-9(13-7)16(18)19)15-11-14-6-3-4-12-5-8(6)20-11/h1-2,12-13H,3-5H2,(H,14,15,17). The SMILES string of the molecule is O=C(Nc1nc2c(s1)CNCC2)c1ccc([N+](=O)[O-])[nH]1. The summed E-state index contributed by atoms with van der Waals surface area (Å²) in [6, 6.07) is 2.63. The van der Waals surface area contributed by atoms with Crippen LogP contribution in [0.2, 0.25) is 0 Å². The second-order valence-electron chi connectivity index (χ2n) is 4.28. The van der Waals surface area contributed by atoms with Gasteiger partial charge in [0.15, 0.2) is 10.8 Å². The molecule has 1 amide bonds. The van der Waals surface area contributed by atoms with Gasteiger partial charge in [0.05, 0.1) is 5.69 Å². The van der Waals surface area contributed by atoms with Gasteiger partial charge >= 0.3 is 5.82 Å². The number of hydrogen-bond acceptors (Lipinski definition) is 6. The average Bonchev–Trinajstić information content (AvgIpc) is 3.04. The number of nitrogens with one attached hydrogen (secondary N) is 3. The zero-order chi connectivity index (χ0) is 14.1. The van der Waals surface area contributed by atoms with E-state index in [-0.39, 0.29) is 11.5 Å². The lowest BCUT2D eigenvalue weighted by atomic mass is 10.2. The number of thiazole rings is 1. The first-order chi connectivity index (χ1) is 9.63. The van der Waals surface area contributed by atoms with Crippen molar-refractivity contribution >= 4 is 28.2 Å². The number of hydrogen-bond donors (Lipinski definition) is 3. The smallest absolute Gasteiger partial charge is 0.321 e. The second kappa shape index (κ2) is 5.02. The number of rotatable bonds is 3. The van der Waals surface area contributed by atoms with E-state index in [1.54, 1.807) is 0 Å². The number of H-pyrrole nitrogens is 1. The first-order valence-corrected chi connectivity index (χ1v) is 6.79. The highest BCUT2D eigenvalue weighted by molar-refractivity contribution is 7.15. The summed E-state index contributed by atoms with van der Waals surface area (Å²) in [7, 11) is 0. The van der Waals surface area contributed by atoms with Crippen LogP contribution in [0.1, 0.15) is 21.1 Å². The lowest BCUT2D eigenvalue weighted by Crippen LogP contribution is -2.22. The maximum Gasteiger partial charge on any atom is 0.321 e. The number of aromatic nitrogens is 2. The molecular formula is C11H11N5O3S. The van der Waals surface area contributed by atoms with Crippen LogP contribution in [0.15, 0.2) is 12.1 Å². The summed E-state index contributed by atoms with van der Waals surface area (Å²) in [6.45, 7) is 1.64. The zero-order valence-corrected chi connectivity index (χ0v) is 11.1. The molecule has 2 aromatic rings. The van der Waals surface area contributed by atoms with Crippen molar-refractivity contribution in [2.45, 2.75) is 13.0 Å². The molecule has 8 nitrogen and oxygen atoms in total. The third-order valence-corrected chi connectivity index (χ3v) is 3.95. The van der Waals surface area contributed by atoms with Crippen LogP contribution >= 0.6 is 11.3 Å². The van der Waals surface area contributed by atoms with Crippen molar-refractivity contribution in [1.82, 2.24) is 15.3 Å². The van der Waals surface area contributed by atoms with E-state index < -0.39 is 10.8 Å². The fourth-order valence-electron chi connectivity index (χ4n) is 1.97. The van der Waals surface area contributed by atoms with Gasteiger partial charge in [-0.25, -0.2) is 9.97 Å². The van der Waals surface area contributed by atoms with E-state index in [1.165, 1.54) is 23.5 Å². The van der Waals surface area contributed by atoms with Gasteiger partial charge in [-0.05, 0) is 11.0 Å². The summed E-state index contributed by atoms with van der Waals surface area (Å²) < 4.78 is 0. The number of amides is 1. The number of aromatic amines is 1. The fourth-order valence-corrected chi connectivity index (χ4v) is 2.94. The lowest BCUT2D eigenvalue weighted by molar-refractivity contribution is -0.389. The van der Waals surface area contributed by atoms with Crippen LogP contribution < -0.4 is 10.6 Å². The molecule has 0 radical (unpaired) electrons. The molecule has 2 aromatic heterocycles. The maximum atomic E-state index is 11.9. The highest BCUT2D eigenvalue weighted by Gasteiger charge is 2.19. The van der Waals surface area contributed by atoms with Gasteiger partial charge in [-0.15, -0.1) is 11.3 Å². The quantitative estimate of drug-likeness (QED) is 0.582. The van der Waals surface area contributed by atoms with Crippen molar-refractivity contribution in [2.24, 2.45) is 0 Å². The first kappa shape index (κ1) is 12.8. The zero-order valence-electron chi connectivity index (χ0n) is 10.3. The molecule has 1 aliphatic heterocycles. The van der Waals surface area contributed by atoms with E-state index in [0.29, 0.717) is 5.13 Å². The summed E-state index contributed by atoms with van der Waals surface area (Å²) in [4.78, 5) is 29.8. The molecule has 3 N–H and O–H groups in total. The van der Waals surface area contributed by atoms with E-state index in [1.807, 2.05) is 0 Å². The monoisotopic (exact) mass is 293 g/mol. The molecule has 0 bridgehead atoms. The van der Waals surface area contributed by atoms with Crippen LogP contribution in [-0.2, 0) is 13.0 Å². The topological polar surface area (TPSA) is 113 Å². The van der Waals surface area contributed by atoms with Crippen molar-refractivity contribution < 1.29 is 9.72 Å². The highest BCUT2D eigenvalue weighted by atomic mass is 32.1. The number of nitro groups is 1. The van der Waals surface area contributed by atoms with Crippen LogP contribution in [-0.4, -0.2) is 27.3 Å². The van der Waals surface area contributed by atoms with Crippen LogP contribution in [0.25, 0.3) is 0 Å². The Morgan fingerprint density at radius 1 is 1.50 bits per heavy atom. The van der Waals surface area contributed by atoms with E-state index in [9.17, 15) is 14.9 Å². The summed E-state index contributed by atoms with van der Waals surface area (Å²) in [5.41, 5.74) is 1.14. The molecule has 0 fully saturated rings. The number of carbonyl (C=O) groups is 1. The lowest BCUT2D eigenvalue weighted by Gasteiger charge is -2.09. The molecule has 0 saturated heterocycles. The summed E-state index contributed by atoms with van der Waals surface area (Å²) >= 11 is 1.42. The van der Waals surface area contributed by atoms with Crippen LogP contribution in [0.5, 0.6) is 0 Å². The third-order valence-electron chi connectivity index (χ3n) is 2.93. The van der Waals surface area contributed by atoms with Crippen LogP contribution in [0.4, 0.5) is 10.9 Å². The highest BCUT2D eigenvalue weighted by Crippen LogP contribution is 2.25. The molecule has 0 saturated carbocycles. The molecular weight excluding hydrogens is 282 g/mol. The van der Waals surface area contributed by atoms with Gasteiger partial charge in [0, 0.05) is 30.5 Å². The molecule has 0 aliphatic carbocycles. The Morgan fingerprint density at radius 3 is 3.05 bits per heavy atom. The number of nitrogens with zero attached hydrogens (tertiary/aromatic N) is 2. The molecule has 3 rings (SSSR count). The van der Waals surface area contributed by atoms with Crippen molar-refractivity contribution in [2.75, 3.05) is 11.9 Å². The van der Waals surface area contributed by atoms with Gasteiger partial charge in [0.2, 0.25) is 0 Å². The molecule has 0 unspecified atom stereocenters. The van der Waals surface area contributed by atoms with Gasteiger partial charge in [0.25, 0.3) is 5.91 Å². The van der Waals surface area contributed by atoms with Crippen LogP contribution in [0, 0.1) is 10.1 Å². The molecule has 3 heterocycles. The minimum Gasteiger partial charge on any atom is -0.358 e. The minimum absolute atomic E-state index is 0.142. The summed E-state index contributed by atoms with van der Waals surface area (Å²) in [5, 5.41) is 17.0. The Balaban J connectivity index is 1.74. The van der Waals surface area contributed by atoms with E-state index in [4.69, 9.17) is 0 Å². The predicted molar refractivity (Wildman–Crippen MR) is 72.9 cm³/mol. The molecule has 0 aromatic carbocycles. The number of carbonyl (C=O) groups excluding carboxylic acids is 1. The van der Waals surface area contributed by atoms with Crippen molar-refractivity contribution in [1.29, 1.82) is 0 Å². The van der Waals surface area contributed by atoms with Gasteiger partial charge < -0.3 is 15.4 Å². The Bertz CT molecular complexity index is 654. The predicted octanol–water partition coefficient (Wildman–Crippen LogP) is 1.28. The Kier molecular flexibility index (Phi) is 3.20. The van der Waals surface area contributed by atoms with Gasteiger partial charge in [-0.1, -0.05) is 0 Å². The third kappa shape index (κ3) is 2.40. The van der Waals surface area contributed by atoms with E-state index >= 15 is 0 Å². The van der Waals surface area contributed by atoms with Crippen molar-refractivity contribution in [3.8, 4) is 0 Å². The van der Waals surface area contributed by atoms with Gasteiger partial charge in [0.1, 0.15) is 0 Å². The Hall–Kier alpha value is -2.26. The van der Waals surface area contributed by atoms with Gasteiger partial charge in [-0.3, -0.25) is 10.1 Å². The molecule has 0 atom stereocenters. The van der Waals surface area contributed by atoms with Crippen LogP contribution in [0.3, 0.4) is 0 Å².